The van der Waals surface area contributed by atoms with E-state index in [2.05, 4.69) is 32.9 Å². The lowest BCUT2D eigenvalue weighted by molar-refractivity contribution is -0.120. The van der Waals surface area contributed by atoms with E-state index in [0.29, 0.717) is 6.42 Å². The van der Waals surface area contributed by atoms with E-state index < -0.39 is 5.60 Å². The molecule has 0 aliphatic heterocycles. The van der Waals surface area contributed by atoms with Crippen molar-refractivity contribution < 1.29 is 9.53 Å². The molecule has 1 aromatic rings. The van der Waals surface area contributed by atoms with Gasteiger partial charge in [-0.1, -0.05) is 32.9 Å². The summed E-state index contributed by atoms with van der Waals surface area (Å²) in [6.07, 6.45) is 0.425. The maximum Gasteiger partial charge on any atom is 0.133 e. The minimum atomic E-state index is -0.449. The van der Waals surface area contributed by atoms with Crippen LogP contribution < -0.4 is 4.74 Å². The van der Waals surface area contributed by atoms with Crippen molar-refractivity contribution in [3.63, 3.8) is 0 Å². The first kappa shape index (κ1) is 14.7. The minimum Gasteiger partial charge on any atom is -0.487 e. The van der Waals surface area contributed by atoms with Crippen LogP contribution in [0.25, 0.3) is 0 Å². The average Bonchev–Trinajstić information content (AvgIpc) is 2.13. The fraction of sp³-hybridized carbons (Fsp3) is 0.562. The standard InChI is InChI=1S/C16H24O2/c1-12(17)11-16(5,6)18-14-9-7-13(8-10-14)15(2,3)4/h7-10H,11H2,1-6H3. The van der Waals surface area contributed by atoms with Gasteiger partial charge in [0.2, 0.25) is 0 Å². The molecular weight excluding hydrogens is 224 g/mol. The predicted molar refractivity (Wildman–Crippen MR) is 75.1 cm³/mol. The lowest BCUT2D eigenvalue weighted by Crippen LogP contribution is -2.30. The van der Waals surface area contributed by atoms with Gasteiger partial charge in [-0.2, -0.15) is 0 Å². The number of hydrogen-bond donors (Lipinski definition) is 0. The van der Waals surface area contributed by atoms with Crippen LogP contribution in [0, 0.1) is 0 Å². The summed E-state index contributed by atoms with van der Waals surface area (Å²) < 4.78 is 5.86. The summed E-state index contributed by atoms with van der Waals surface area (Å²) in [6.45, 7) is 12.0. The summed E-state index contributed by atoms with van der Waals surface area (Å²) in [5.41, 5.74) is 0.974. The van der Waals surface area contributed by atoms with Crippen molar-refractivity contribution >= 4 is 5.78 Å². The number of benzene rings is 1. The molecular formula is C16H24O2. The minimum absolute atomic E-state index is 0.145. The molecule has 0 bridgehead atoms. The van der Waals surface area contributed by atoms with Crippen LogP contribution in [-0.2, 0) is 10.2 Å². The second-order valence-electron chi connectivity index (χ2n) is 6.51. The molecule has 0 aliphatic carbocycles. The highest BCUT2D eigenvalue weighted by atomic mass is 16.5. The molecule has 0 amide bonds. The Morgan fingerprint density at radius 3 is 1.94 bits per heavy atom. The normalized spacial score (nSPS) is 12.3. The number of carbonyl (C=O) groups excluding carboxylic acids is 1. The average molecular weight is 248 g/mol. The Balaban J connectivity index is 2.78. The van der Waals surface area contributed by atoms with E-state index in [4.69, 9.17) is 4.74 Å². The molecule has 2 nitrogen and oxygen atoms in total. The lowest BCUT2D eigenvalue weighted by Gasteiger charge is -2.26. The van der Waals surface area contributed by atoms with Gasteiger partial charge in [0, 0.05) is 6.42 Å². The third-order valence-corrected chi connectivity index (χ3v) is 2.79. The van der Waals surface area contributed by atoms with E-state index in [1.54, 1.807) is 6.92 Å². The van der Waals surface area contributed by atoms with Crippen molar-refractivity contribution in [2.45, 2.75) is 59.0 Å². The Morgan fingerprint density at radius 1 is 1.06 bits per heavy atom. The predicted octanol–water partition coefficient (Wildman–Crippen LogP) is 4.12. The van der Waals surface area contributed by atoms with Crippen LogP contribution in [-0.4, -0.2) is 11.4 Å². The zero-order valence-electron chi connectivity index (χ0n) is 12.3. The molecule has 18 heavy (non-hydrogen) atoms. The maximum absolute atomic E-state index is 11.2. The molecule has 1 rings (SSSR count). The van der Waals surface area contributed by atoms with E-state index >= 15 is 0 Å². The van der Waals surface area contributed by atoms with Gasteiger partial charge in [0.25, 0.3) is 0 Å². The molecule has 0 saturated carbocycles. The highest BCUT2D eigenvalue weighted by Gasteiger charge is 2.22. The molecule has 1 aromatic carbocycles. The van der Waals surface area contributed by atoms with Crippen LogP contribution in [0.3, 0.4) is 0 Å². The summed E-state index contributed by atoms with van der Waals surface area (Å²) in [5, 5.41) is 0. The Hall–Kier alpha value is -1.31. The van der Waals surface area contributed by atoms with Gasteiger partial charge in [0.1, 0.15) is 17.1 Å². The molecule has 100 valence electrons. The summed E-state index contributed by atoms with van der Waals surface area (Å²) in [7, 11) is 0. The lowest BCUT2D eigenvalue weighted by atomic mass is 9.87. The topological polar surface area (TPSA) is 26.3 Å². The molecule has 0 atom stereocenters. The van der Waals surface area contributed by atoms with Crippen LogP contribution in [0.4, 0.5) is 0 Å². The Bertz CT molecular complexity index is 408. The Labute approximate surface area is 110 Å². The quantitative estimate of drug-likeness (QED) is 0.801. The molecule has 0 fully saturated rings. The van der Waals surface area contributed by atoms with E-state index in [0.717, 1.165) is 5.75 Å². The van der Waals surface area contributed by atoms with Crippen LogP contribution in [0.2, 0.25) is 0 Å². The molecule has 0 heterocycles. The number of Topliss-reactive ketones (excluding diaryl/α,β-unsaturated/α-hetero) is 1. The summed E-state index contributed by atoms with van der Waals surface area (Å²) in [5.74, 6) is 0.959. The summed E-state index contributed by atoms with van der Waals surface area (Å²) in [6, 6.07) is 8.11. The van der Waals surface area contributed by atoms with Crippen molar-refractivity contribution in [1.82, 2.24) is 0 Å². The van der Waals surface area contributed by atoms with Crippen molar-refractivity contribution in [1.29, 1.82) is 0 Å². The van der Waals surface area contributed by atoms with Gasteiger partial charge in [-0.25, -0.2) is 0 Å². The van der Waals surface area contributed by atoms with Gasteiger partial charge in [0.05, 0.1) is 0 Å². The third-order valence-electron chi connectivity index (χ3n) is 2.79. The van der Waals surface area contributed by atoms with Gasteiger partial charge in [-0.3, -0.25) is 4.79 Å². The maximum atomic E-state index is 11.2. The SMILES string of the molecule is CC(=O)CC(C)(C)Oc1ccc(C(C)(C)C)cc1. The van der Waals surface area contributed by atoms with Crippen LogP contribution in [0.15, 0.2) is 24.3 Å². The second-order valence-corrected chi connectivity index (χ2v) is 6.51. The number of carbonyl (C=O) groups is 1. The summed E-state index contributed by atoms with van der Waals surface area (Å²) >= 11 is 0. The van der Waals surface area contributed by atoms with E-state index in [9.17, 15) is 4.79 Å². The number of ketones is 1. The monoisotopic (exact) mass is 248 g/mol. The van der Waals surface area contributed by atoms with Gasteiger partial charge in [0.15, 0.2) is 0 Å². The van der Waals surface area contributed by atoms with Crippen molar-refractivity contribution in [2.75, 3.05) is 0 Å². The first-order valence-electron chi connectivity index (χ1n) is 6.39. The molecule has 0 aromatic heterocycles. The van der Waals surface area contributed by atoms with E-state index in [-0.39, 0.29) is 11.2 Å². The van der Waals surface area contributed by atoms with Crippen LogP contribution in [0.1, 0.15) is 53.5 Å². The van der Waals surface area contributed by atoms with E-state index in [1.165, 1.54) is 5.56 Å². The molecule has 2 heteroatoms. The molecule has 0 radical (unpaired) electrons. The molecule has 0 N–H and O–H groups in total. The number of hydrogen-bond acceptors (Lipinski definition) is 2. The van der Waals surface area contributed by atoms with Crippen molar-refractivity contribution in [2.24, 2.45) is 0 Å². The smallest absolute Gasteiger partial charge is 0.133 e. The Kier molecular flexibility index (Phi) is 4.20. The first-order chi connectivity index (χ1) is 8.10. The molecule has 0 spiro atoms. The second kappa shape index (κ2) is 5.13. The zero-order chi connectivity index (χ0) is 14.0. The fourth-order valence-electron chi connectivity index (χ4n) is 1.98. The van der Waals surface area contributed by atoms with Gasteiger partial charge >= 0.3 is 0 Å². The highest BCUT2D eigenvalue weighted by molar-refractivity contribution is 5.76. The third kappa shape index (κ3) is 4.52. The van der Waals surface area contributed by atoms with Crippen LogP contribution >= 0.6 is 0 Å². The Morgan fingerprint density at radius 2 is 1.56 bits per heavy atom. The molecule has 0 aliphatic rings. The largest absolute Gasteiger partial charge is 0.487 e. The zero-order valence-corrected chi connectivity index (χ0v) is 12.3. The van der Waals surface area contributed by atoms with Crippen molar-refractivity contribution in [3.8, 4) is 5.75 Å². The highest BCUT2D eigenvalue weighted by Crippen LogP contribution is 2.26. The summed E-state index contributed by atoms with van der Waals surface area (Å²) in [4.78, 5) is 11.2. The number of rotatable bonds is 4. The fourth-order valence-corrected chi connectivity index (χ4v) is 1.98. The molecule has 0 unspecified atom stereocenters. The molecule has 0 saturated heterocycles. The first-order valence-corrected chi connectivity index (χ1v) is 6.39. The number of ether oxygens (including phenoxy) is 1. The van der Waals surface area contributed by atoms with Crippen molar-refractivity contribution in [3.05, 3.63) is 29.8 Å². The van der Waals surface area contributed by atoms with E-state index in [1.807, 2.05) is 26.0 Å². The van der Waals surface area contributed by atoms with Gasteiger partial charge < -0.3 is 4.74 Å². The van der Waals surface area contributed by atoms with Gasteiger partial charge in [-0.05, 0) is 43.9 Å². The van der Waals surface area contributed by atoms with Crippen LogP contribution in [0.5, 0.6) is 5.75 Å². The van der Waals surface area contributed by atoms with Gasteiger partial charge in [-0.15, -0.1) is 0 Å².